The first-order valence-corrected chi connectivity index (χ1v) is 6.54. The summed E-state index contributed by atoms with van der Waals surface area (Å²) in [5, 5.41) is 8.74. The summed E-state index contributed by atoms with van der Waals surface area (Å²) >= 11 is 0. The molecule has 0 unspecified atom stereocenters. The van der Waals surface area contributed by atoms with Crippen molar-refractivity contribution in [2.75, 3.05) is 18.1 Å². The predicted molar refractivity (Wildman–Crippen MR) is 81.7 cm³/mol. The number of carboxylic acid groups (broad SMARTS) is 1. The van der Waals surface area contributed by atoms with Crippen LogP contribution in [0.3, 0.4) is 0 Å². The van der Waals surface area contributed by atoms with Gasteiger partial charge in [-0.25, -0.2) is 0 Å². The molecular formula is C14H20ClN2O4+. The molecule has 116 valence electrons. The molecule has 6 nitrogen and oxygen atoms in total. The fourth-order valence-electron chi connectivity index (χ4n) is 2.15. The molecule has 21 heavy (non-hydrogen) atoms. The van der Waals surface area contributed by atoms with Crippen molar-refractivity contribution in [2.24, 2.45) is 5.73 Å². The van der Waals surface area contributed by atoms with Gasteiger partial charge in [-0.1, -0.05) is 18.2 Å². The maximum Gasteiger partial charge on any atom is 1.00 e. The third kappa shape index (κ3) is 4.42. The number of anilines is 1. The Hall–Kier alpha value is -1.63. The van der Waals surface area contributed by atoms with Crippen molar-refractivity contribution in [1.82, 2.24) is 0 Å². The highest BCUT2D eigenvalue weighted by Crippen LogP contribution is 2.24. The number of amides is 1. The number of halogens is 1. The summed E-state index contributed by atoms with van der Waals surface area (Å²) in [7, 11) is 0. The summed E-state index contributed by atoms with van der Waals surface area (Å²) in [5.74, 6) is -1.21. The van der Waals surface area contributed by atoms with Crippen LogP contribution in [0.5, 0.6) is 0 Å². The lowest BCUT2D eigenvalue weighted by Crippen LogP contribution is -2.36. The van der Waals surface area contributed by atoms with Crippen molar-refractivity contribution < 1.29 is 20.9 Å². The molecule has 0 bridgehead atoms. The molecule has 0 aromatic heterocycles. The van der Waals surface area contributed by atoms with Crippen molar-refractivity contribution in [1.29, 1.82) is 0 Å². The Morgan fingerprint density at radius 2 is 2.14 bits per heavy atom. The van der Waals surface area contributed by atoms with Gasteiger partial charge in [0.2, 0.25) is 5.91 Å². The lowest BCUT2D eigenvalue weighted by molar-refractivity contribution is -0.138. The number of fused-ring (bicyclic) bond motifs is 1. The normalized spacial score (nSPS) is 15.4. The highest BCUT2D eigenvalue weighted by atomic mass is 35.5. The molecule has 0 aliphatic carbocycles. The van der Waals surface area contributed by atoms with Gasteiger partial charge in [0, 0.05) is 24.2 Å². The van der Waals surface area contributed by atoms with Crippen LogP contribution >= 0.6 is 12.4 Å². The first-order chi connectivity index (χ1) is 9.59. The summed E-state index contributed by atoms with van der Waals surface area (Å²) in [6.07, 6.45) is 0.246. The van der Waals surface area contributed by atoms with E-state index < -0.39 is 12.0 Å². The quantitative estimate of drug-likeness (QED) is 0.873. The Kier molecular flexibility index (Phi) is 6.61. The van der Waals surface area contributed by atoms with Crippen molar-refractivity contribution >= 4 is 30.0 Å². The Morgan fingerprint density at radius 1 is 1.43 bits per heavy atom. The minimum Gasteiger partial charge on any atom is -0.480 e. The van der Waals surface area contributed by atoms with Gasteiger partial charge in [-0.2, -0.15) is 0 Å². The average Bonchev–Trinajstić information content (AvgIpc) is 2.66. The molecule has 2 rings (SSSR count). The monoisotopic (exact) mass is 315 g/mol. The molecule has 1 aliphatic heterocycles. The second-order valence-electron chi connectivity index (χ2n) is 4.71. The lowest BCUT2D eigenvalue weighted by atomic mass is 10.1. The van der Waals surface area contributed by atoms with Gasteiger partial charge in [-0.05, 0) is 12.5 Å². The number of rotatable bonds is 4. The van der Waals surface area contributed by atoms with Gasteiger partial charge >= 0.3 is 7.40 Å². The molecule has 0 saturated heterocycles. The topological polar surface area (TPSA) is 92.9 Å². The van der Waals surface area contributed by atoms with E-state index in [-0.39, 0.29) is 32.6 Å². The average molecular weight is 316 g/mol. The number of ether oxygens (including phenoxy) is 1. The van der Waals surface area contributed by atoms with Crippen molar-refractivity contribution in [3.8, 4) is 0 Å². The molecule has 7 heteroatoms. The van der Waals surface area contributed by atoms with Crippen LogP contribution in [-0.2, 0) is 20.9 Å². The van der Waals surface area contributed by atoms with Gasteiger partial charge in [0.25, 0.3) is 0 Å². The minimum absolute atomic E-state index is 0. The van der Waals surface area contributed by atoms with Crippen LogP contribution < -0.4 is 10.6 Å². The second-order valence-corrected chi connectivity index (χ2v) is 4.71. The van der Waals surface area contributed by atoms with E-state index in [9.17, 15) is 9.59 Å². The van der Waals surface area contributed by atoms with Crippen LogP contribution in [0.4, 0.5) is 5.69 Å². The number of nitrogens with zero attached hydrogens (tertiary/aromatic N) is 1. The van der Waals surface area contributed by atoms with E-state index in [0.717, 1.165) is 11.3 Å². The Labute approximate surface area is 130 Å². The summed E-state index contributed by atoms with van der Waals surface area (Å²) in [6.45, 7) is 1.41. The van der Waals surface area contributed by atoms with Gasteiger partial charge in [-0.3, -0.25) is 9.59 Å². The molecule has 0 spiro atoms. The van der Waals surface area contributed by atoms with Crippen LogP contribution in [0.2, 0.25) is 0 Å². The van der Waals surface area contributed by atoms with Crippen molar-refractivity contribution in [2.45, 2.75) is 25.5 Å². The summed E-state index contributed by atoms with van der Waals surface area (Å²) in [6, 6.07) is 6.56. The van der Waals surface area contributed by atoms with Gasteiger partial charge in [0.1, 0.15) is 6.04 Å². The molecule has 0 radical (unpaired) electrons. The zero-order chi connectivity index (χ0) is 14.5. The van der Waals surface area contributed by atoms with Crippen LogP contribution in [0.15, 0.2) is 24.3 Å². The van der Waals surface area contributed by atoms with Crippen LogP contribution in [0.25, 0.3) is 0 Å². The number of carboxylic acids is 1. The second kappa shape index (κ2) is 7.97. The van der Waals surface area contributed by atoms with E-state index >= 15 is 0 Å². The first kappa shape index (κ1) is 17.4. The van der Waals surface area contributed by atoms with Crippen LogP contribution in [0, 0.1) is 0 Å². The molecule has 1 aromatic carbocycles. The zero-order valence-corrected chi connectivity index (χ0v) is 12.3. The highest BCUT2D eigenvalue weighted by Gasteiger charge is 2.22. The van der Waals surface area contributed by atoms with E-state index in [0.29, 0.717) is 19.8 Å². The molecular weight excluding hydrogens is 296 g/mol. The zero-order valence-electron chi connectivity index (χ0n) is 12.5. The Morgan fingerprint density at radius 3 is 2.86 bits per heavy atom. The molecule has 1 heterocycles. The summed E-state index contributed by atoms with van der Waals surface area (Å²) < 4.78 is 5.45. The molecule has 3 N–H and O–H groups in total. The largest absolute Gasteiger partial charge is 1.00 e. The van der Waals surface area contributed by atoms with Crippen LogP contribution in [-0.4, -0.2) is 36.2 Å². The lowest BCUT2D eigenvalue weighted by Gasteiger charge is -2.22. The predicted octanol–water partition coefficient (Wildman–Crippen LogP) is 1.28. The number of para-hydroxylation sites is 1. The molecule has 0 saturated carbocycles. The van der Waals surface area contributed by atoms with E-state index in [2.05, 4.69) is 0 Å². The van der Waals surface area contributed by atoms with E-state index in [1.807, 2.05) is 24.3 Å². The number of hydrogen-bond donors (Lipinski definition) is 2. The number of benzene rings is 1. The summed E-state index contributed by atoms with van der Waals surface area (Å²) in [5.41, 5.74) is 7.22. The molecule has 1 atom stereocenters. The number of hydrogen-bond acceptors (Lipinski definition) is 4. The number of carbonyl (C=O) groups is 2. The number of nitrogens with two attached hydrogens (primary N) is 1. The van der Waals surface area contributed by atoms with Crippen molar-refractivity contribution in [3.63, 3.8) is 0 Å². The first-order valence-electron chi connectivity index (χ1n) is 6.54. The minimum atomic E-state index is -1.09. The van der Waals surface area contributed by atoms with E-state index in [1.54, 1.807) is 4.90 Å². The van der Waals surface area contributed by atoms with Gasteiger partial charge < -0.3 is 20.5 Å². The maximum absolute atomic E-state index is 12.3. The maximum atomic E-state index is 12.3. The van der Waals surface area contributed by atoms with Gasteiger partial charge in [-0.15, -0.1) is 12.4 Å². The van der Waals surface area contributed by atoms with Gasteiger partial charge in [0.05, 0.1) is 13.2 Å². The SMILES string of the molecule is Cl.N[C@@H](CCC(=O)N1CCOCc2ccccc21)C(=O)O.[H+]. The molecule has 1 amide bonds. The fraction of sp³-hybridized carbons (Fsp3) is 0.429. The van der Waals surface area contributed by atoms with Gasteiger partial charge in [0.15, 0.2) is 0 Å². The smallest absolute Gasteiger partial charge is 0.480 e. The standard InChI is InChI=1S/C14H18N2O4.ClH/c15-11(14(18)19)5-6-13(17)16-7-8-20-9-10-3-1-2-4-12(10)16;/h1-4,11H,5-9,15H2,(H,18,19);1H/p+1/t11-;/m0./s1. The molecule has 0 fully saturated rings. The highest BCUT2D eigenvalue weighted by molar-refractivity contribution is 5.94. The van der Waals surface area contributed by atoms with E-state index in [1.165, 1.54) is 0 Å². The van der Waals surface area contributed by atoms with Crippen molar-refractivity contribution in [3.05, 3.63) is 29.8 Å². The fourth-order valence-corrected chi connectivity index (χ4v) is 2.15. The van der Waals surface area contributed by atoms with Crippen LogP contribution in [0.1, 0.15) is 19.8 Å². The third-order valence-electron chi connectivity index (χ3n) is 3.29. The Balaban J connectivity index is 0.00000220. The molecule has 1 aromatic rings. The number of carbonyl (C=O) groups excluding carboxylic acids is 1. The number of aliphatic carboxylic acids is 1. The Bertz CT molecular complexity index is 515. The molecule has 1 aliphatic rings. The third-order valence-corrected chi connectivity index (χ3v) is 3.29. The van der Waals surface area contributed by atoms with E-state index in [4.69, 9.17) is 15.6 Å². The summed E-state index contributed by atoms with van der Waals surface area (Å²) in [4.78, 5) is 24.6.